The van der Waals surface area contributed by atoms with E-state index in [1.165, 1.54) is 10.6 Å². The summed E-state index contributed by atoms with van der Waals surface area (Å²) >= 11 is 0. The molecule has 0 aliphatic heterocycles. The lowest BCUT2D eigenvalue weighted by atomic mass is 10.1. The second-order valence-corrected chi connectivity index (χ2v) is 8.10. The summed E-state index contributed by atoms with van der Waals surface area (Å²) in [4.78, 5) is 0. The predicted octanol–water partition coefficient (Wildman–Crippen LogP) is 4.32. The van der Waals surface area contributed by atoms with Crippen LogP contribution in [0.3, 0.4) is 0 Å². The minimum absolute atomic E-state index is 0.0428. The third-order valence-corrected chi connectivity index (χ3v) is 6.12. The van der Waals surface area contributed by atoms with Crippen molar-refractivity contribution in [2.75, 3.05) is 12.8 Å². The first-order valence-corrected chi connectivity index (χ1v) is 9.17. The summed E-state index contributed by atoms with van der Waals surface area (Å²) in [6, 6.07) is 21.8. The van der Waals surface area contributed by atoms with Crippen LogP contribution < -0.4 is 10.6 Å². The van der Waals surface area contributed by atoms with Crippen molar-refractivity contribution >= 4 is 18.5 Å². The van der Waals surface area contributed by atoms with Crippen LogP contribution in [0.15, 0.2) is 60.7 Å². The highest BCUT2D eigenvalue weighted by Crippen LogP contribution is 2.36. The molecule has 0 atom stereocenters. The third kappa shape index (κ3) is 4.95. The molecule has 0 saturated heterocycles. The highest BCUT2D eigenvalue weighted by atomic mass is 31.1. The molecule has 0 aliphatic carbocycles. The molecule has 0 fully saturated rings. The standard InChI is InChI=1S/C19H25OP/c1-4-20-19(2,3)15-16-21(17-11-7-5-8-12-17)18-13-9-6-10-14-18/h5-14H,4,15-16H2,1-3H3. The molecule has 0 radical (unpaired) electrons. The lowest BCUT2D eigenvalue weighted by molar-refractivity contribution is -0.0117. The maximum Gasteiger partial charge on any atom is 0.0629 e. The van der Waals surface area contributed by atoms with Crippen LogP contribution in [0, 0.1) is 0 Å². The SMILES string of the molecule is CCOC(C)(C)CCP(c1ccccc1)c1ccccc1. The summed E-state index contributed by atoms with van der Waals surface area (Å²) in [6.07, 6.45) is 2.24. The van der Waals surface area contributed by atoms with Crippen LogP contribution >= 0.6 is 7.92 Å². The molecule has 2 heteroatoms. The van der Waals surface area contributed by atoms with Crippen LogP contribution in [0.5, 0.6) is 0 Å². The molecule has 0 amide bonds. The quantitative estimate of drug-likeness (QED) is 0.692. The molecule has 0 saturated carbocycles. The predicted molar refractivity (Wildman–Crippen MR) is 94.3 cm³/mol. The van der Waals surface area contributed by atoms with Gasteiger partial charge in [-0.1, -0.05) is 60.7 Å². The van der Waals surface area contributed by atoms with Crippen molar-refractivity contribution in [3.8, 4) is 0 Å². The van der Waals surface area contributed by atoms with E-state index in [1.807, 2.05) is 0 Å². The Kier molecular flexibility index (Phi) is 5.96. The van der Waals surface area contributed by atoms with Crippen molar-refractivity contribution < 1.29 is 4.74 Å². The second-order valence-electron chi connectivity index (χ2n) is 5.77. The number of benzene rings is 2. The van der Waals surface area contributed by atoms with E-state index in [0.29, 0.717) is 0 Å². The van der Waals surface area contributed by atoms with Crippen LogP contribution in [0.2, 0.25) is 0 Å². The van der Waals surface area contributed by atoms with Gasteiger partial charge >= 0.3 is 0 Å². The smallest absolute Gasteiger partial charge is 0.0629 e. The molecule has 0 heterocycles. The summed E-state index contributed by atoms with van der Waals surface area (Å²) in [6.45, 7) is 7.24. The molecule has 0 aromatic heterocycles. The van der Waals surface area contributed by atoms with Crippen LogP contribution in [0.1, 0.15) is 27.2 Å². The van der Waals surface area contributed by atoms with Crippen molar-refractivity contribution in [1.29, 1.82) is 0 Å². The van der Waals surface area contributed by atoms with Gasteiger partial charge in [0.15, 0.2) is 0 Å². The number of hydrogen-bond donors (Lipinski definition) is 0. The largest absolute Gasteiger partial charge is 0.376 e. The lowest BCUT2D eigenvalue weighted by Crippen LogP contribution is -2.27. The number of ether oxygens (including phenoxy) is 1. The van der Waals surface area contributed by atoms with Crippen LogP contribution in [0.25, 0.3) is 0 Å². The van der Waals surface area contributed by atoms with Gasteiger partial charge < -0.3 is 4.74 Å². The fraction of sp³-hybridized carbons (Fsp3) is 0.368. The van der Waals surface area contributed by atoms with E-state index in [4.69, 9.17) is 4.74 Å². The molecule has 1 nitrogen and oxygen atoms in total. The third-order valence-electron chi connectivity index (χ3n) is 3.61. The summed E-state index contributed by atoms with van der Waals surface area (Å²) in [5, 5.41) is 2.90. The van der Waals surface area contributed by atoms with Gasteiger partial charge in [0.2, 0.25) is 0 Å². The lowest BCUT2D eigenvalue weighted by Gasteiger charge is -2.28. The minimum Gasteiger partial charge on any atom is -0.376 e. The van der Waals surface area contributed by atoms with Crippen LogP contribution in [-0.2, 0) is 4.74 Å². The Hall–Kier alpha value is -1.17. The molecule has 21 heavy (non-hydrogen) atoms. The molecule has 112 valence electrons. The average molecular weight is 300 g/mol. The average Bonchev–Trinajstić information content (AvgIpc) is 2.49. The van der Waals surface area contributed by atoms with Gasteiger partial charge in [-0.15, -0.1) is 0 Å². The Labute approximate surface area is 130 Å². The molecule has 2 aromatic carbocycles. The van der Waals surface area contributed by atoms with E-state index < -0.39 is 0 Å². The maximum atomic E-state index is 5.86. The van der Waals surface area contributed by atoms with Gasteiger partial charge in [0.05, 0.1) is 5.60 Å². The van der Waals surface area contributed by atoms with Crippen molar-refractivity contribution in [3.63, 3.8) is 0 Å². The van der Waals surface area contributed by atoms with Gasteiger partial charge in [-0.2, -0.15) is 0 Å². The summed E-state index contributed by atoms with van der Waals surface area (Å²) in [7, 11) is -0.306. The van der Waals surface area contributed by atoms with Crippen molar-refractivity contribution in [1.82, 2.24) is 0 Å². The van der Waals surface area contributed by atoms with Gasteiger partial charge in [-0.25, -0.2) is 0 Å². The molecule has 0 N–H and O–H groups in total. The zero-order chi connectivity index (χ0) is 15.1. The monoisotopic (exact) mass is 300 g/mol. The Morgan fingerprint density at radius 1 is 0.857 bits per heavy atom. The Morgan fingerprint density at radius 2 is 1.33 bits per heavy atom. The zero-order valence-corrected chi connectivity index (χ0v) is 14.1. The maximum absolute atomic E-state index is 5.86. The summed E-state index contributed by atoms with van der Waals surface area (Å²) < 4.78 is 5.86. The highest BCUT2D eigenvalue weighted by molar-refractivity contribution is 7.73. The highest BCUT2D eigenvalue weighted by Gasteiger charge is 2.21. The summed E-state index contributed by atoms with van der Waals surface area (Å²) in [5.41, 5.74) is -0.0428. The van der Waals surface area contributed by atoms with Gasteiger partial charge in [0.1, 0.15) is 0 Å². The first kappa shape index (κ1) is 16.2. The van der Waals surface area contributed by atoms with E-state index in [9.17, 15) is 0 Å². The topological polar surface area (TPSA) is 9.23 Å². The van der Waals surface area contributed by atoms with Crippen molar-refractivity contribution in [3.05, 3.63) is 60.7 Å². The van der Waals surface area contributed by atoms with Gasteiger partial charge in [-0.05, 0) is 51.9 Å². The molecule has 2 rings (SSSR count). The number of hydrogen-bond acceptors (Lipinski definition) is 1. The second kappa shape index (κ2) is 7.73. The normalized spacial score (nSPS) is 11.8. The first-order valence-electron chi connectivity index (χ1n) is 7.64. The molecular weight excluding hydrogens is 275 g/mol. The van der Waals surface area contributed by atoms with E-state index in [2.05, 4.69) is 81.4 Å². The molecule has 2 aromatic rings. The van der Waals surface area contributed by atoms with Gasteiger partial charge in [0.25, 0.3) is 0 Å². The van der Waals surface area contributed by atoms with E-state index in [1.54, 1.807) is 0 Å². The minimum atomic E-state index is -0.306. The van der Waals surface area contributed by atoms with Crippen LogP contribution in [0.4, 0.5) is 0 Å². The van der Waals surface area contributed by atoms with Crippen LogP contribution in [-0.4, -0.2) is 18.4 Å². The Morgan fingerprint density at radius 3 is 1.76 bits per heavy atom. The van der Waals surface area contributed by atoms with Gasteiger partial charge in [0, 0.05) is 6.61 Å². The molecule has 0 aliphatic rings. The van der Waals surface area contributed by atoms with E-state index in [0.717, 1.165) is 19.2 Å². The fourth-order valence-electron chi connectivity index (χ4n) is 2.47. The fourth-order valence-corrected chi connectivity index (χ4v) is 5.11. The van der Waals surface area contributed by atoms with Crippen molar-refractivity contribution in [2.24, 2.45) is 0 Å². The molecule has 0 unspecified atom stereocenters. The molecule has 0 spiro atoms. The Bertz CT molecular complexity index is 482. The van der Waals surface area contributed by atoms with E-state index >= 15 is 0 Å². The van der Waals surface area contributed by atoms with Crippen molar-refractivity contribution in [2.45, 2.75) is 32.8 Å². The molecular formula is C19H25OP. The first-order chi connectivity index (χ1) is 10.1. The zero-order valence-electron chi connectivity index (χ0n) is 13.3. The van der Waals surface area contributed by atoms with Gasteiger partial charge in [-0.3, -0.25) is 0 Å². The molecule has 0 bridgehead atoms. The number of rotatable bonds is 7. The summed E-state index contributed by atoms with van der Waals surface area (Å²) in [5.74, 6) is 0. The Balaban J connectivity index is 2.18. The van der Waals surface area contributed by atoms with E-state index in [-0.39, 0.29) is 13.5 Å².